The molecule has 0 aliphatic heterocycles. The molecule has 1 aliphatic rings. The molecule has 0 radical (unpaired) electrons. The lowest BCUT2D eigenvalue weighted by atomic mass is 10.0. The summed E-state index contributed by atoms with van der Waals surface area (Å²) in [5, 5.41) is 7.33. The van der Waals surface area contributed by atoms with E-state index in [-0.39, 0.29) is 23.1 Å². The smallest absolute Gasteiger partial charge is 0.387 e. The SMILES string of the molecule is COc1cc(-c2cnn3cc(Cl)cnc23)cc(OC(F)F)c1C(=O)NC1CC1. The van der Waals surface area contributed by atoms with Gasteiger partial charge in [0.15, 0.2) is 5.65 Å². The van der Waals surface area contributed by atoms with E-state index in [0.29, 0.717) is 21.8 Å². The lowest BCUT2D eigenvalue weighted by Crippen LogP contribution is -2.26. The summed E-state index contributed by atoms with van der Waals surface area (Å²) in [6, 6.07) is 2.96. The number of amides is 1. The third kappa shape index (κ3) is 3.57. The summed E-state index contributed by atoms with van der Waals surface area (Å²) in [5.41, 5.74) is 1.39. The van der Waals surface area contributed by atoms with E-state index in [9.17, 15) is 13.6 Å². The average Bonchev–Trinajstić information content (AvgIpc) is 3.36. The normalized spacial score (nSPS) is 13.8. The molecule has 1 aromatic carbocycles. The van der Waals surface area contributed by atoms with Gasteiger partial charge in [-0.05, 0) is 30.5 Å². The third-order valence-corrected chi connectivity index (χ3v) is 4.47. The van der Waals surface area contributed by atoms with Crippen molar-refractivity contribution >= 4 is 23.2 Å². The van der Waals surface area contributed by atoms with Gasteiger partial charge in [0.05, 0.1) is 24.5 Å². The van der Waals surface area contributed by atoms with Crippen LogP contribution in [0.2, 0.25) is 5.02 Å². The molecule has 2 heterocycles. The lowest BCUT2D eigenvalue weighted by Gasteiger charge is -2.16. The Kier molecular flexibility index (Phi) is 4.76. The van der Waals surface area contributed by atoms with E-state index in [1.54, 1.807) is 12.3 Å². The number of carbonyl (C=O) groups excluding carboxylic acids is 1. The zero-order valence-electron chi connectivity index (χ0n) is 14.7. The number of aromatic nitrogens is 3. The van der Waals surface area contributed by atoms with Crippen LogP contribution in [0, 0.1) is 0 Å². The van der Waals surface area contributed by atoms with Crippen LogP contribution in [0.3, 0.4) is 0 Å². The maximum Gasteiger partial charge on any atom is 0.387 e. The van der Waals surface area contributed by atoms with Gasteiger partial charge in [0.25, 0.3) is 5.91 Å². The van der Waals surface area contributed by atoms with Gasteiger partial charge in [-0.3, -0.25) is 4.79 Å². The monoisotopic (exact) mass is 408 g/mol. The van der Waals surface area contributed by atoms with Crippen LogP contribution in [-0.2, 0) is 0 Å². The number of nitrogens with one attached hydrogen (secondary N) is 1. The molecule has 10 heteroatoms. The number of methoxy groups -OCH3 is 1. The van der Waals surface area contributed by atoms with E-state index in [1.807, 2.05) is 0 Å². The molecule has 0 saturated heterocycles. The molecule has 0 bridgehead atoms. The van der Waals surface area contributed by atoms with Crippen LogP contribution in [0.5, 0.6) is 11.5 Å². The Morgan fingerprint density at radius 3 is 2.75 bits per heavy atom. The van der Waals surface area contributed by atoms with Crippen LogP contribution >= 0.6 is 11.6 Å². The first-order valence-electron chi connectivity index (χ1n) is 8.43. The minimum absolute atomic E-state index is 0.0462. The van der Waals surface area contributed by atoms with Gasteiger partial charge < -0.3 is 14.8 Å². The Bertz CT molecular complexity index is 1050. The van der Waals surface area contributed by atoms with Gasteiger partial charge in [0, 0.05) is 17.8 Å². The highest BCUT2D eigenvalue weighted by Crippen LogP contribution is 2.37. The van der Waals surface area contributed by atoms with Crippen LogP contribution < -0.4 is 14.8 Å². The largest absolute Gasteiger partial charge is 0.496 e. The summed E-state index contributed by atoms with van der Waals surface area (Å²) >= 11 is 5.92. The number of hydrogen-bond donors (Lipinski definition) is 1. The minimum atomic E-state index is -3.10. The molecule has 146 valence electrons. The first-order valence-corrected chi connectivity index (χ1v) is 8.81. The van der Waals surface area contributed by atoms with Crippen LogP contribution in [0.4, 0.5) is 8.78 Å². The molecular weight excluding hydrogens is 394 g/mol. The van der Waals surface area contributed by atoms with E-state index in [1.165, 1.54) is 30.1 Å². The van der Waals surface area contributed by atoms with Crippen LogP contribution in [0.1, 0.15) is 23.2 Å². The number of alkyl halides is 2. The van der Waals surface area contributed by atoms with Crippen molar-refractivity contribution in [3.8, 4) is 22.6 Å². The van der Waals surface area contributed by atoms with Crippen molar-refractivity contribution in [2.24, 2.45) is 0 Å². The lowest BCUT2D eigenvalue weighted by molar-refractivity contribution is -0.0502. The standard InChI is InChI=1S/C18H15ClF2N4O3/c1-27-13-4-9(12-7-23-25-8-10(19)6-22-16(12)25)5-14(28-18(20)21)15(13)17(26)24-11-2-3-11/h4-8,11,18H,2-3H2,1H3,(H,24,26). The number of nitrogens with zero attached hydrogens (tertiary/aromatic N) is 3. The molecule has 1 N–H and O–H groups in total. The number of carbonyl (C=O) groups is 1. The Labute approximate surface area is 163 Å². The van der Waals surface area contributed by atoms with Gasteiger partial charge in [0.2, 0.25) is 0 Å². The molecule has 28 heavy (non-hydrogen) atoms. The fourth-order valence-corrected chi connectivity index (χ4v) is 3.00. The molecule has 0 spiro atoms. The van der Waals surface area contributed by atoms with Crippen LogP contribution in [0.25, 0.3) is 16.8 Å². The number of rotatable bonds is 6. The predicted octanol–water partition coefficient (Wildman–Crippen LogP) is 3.55. The van der Waals surface area contributed by atoms with Gasteiger partial charge in [-0.15, -0.1) is 0 Å². The van der Waals surface area contributed by atoms with E-state index in [0.717, 1.165) is 12.8 Å². The Morgan fingerprint density at radius 1 is 1.32 bits per heavy atom. The second-order valence-electron chi connectivity index (χ2n) is 6.28. The highest BCUT2D eigenvalue weighted by atomic mass is 35.5. The summed E-state index contributed by atoms with van der Waals surface area (Å²) < 4.78 is 37.4. The van der Waals surface area contributed by atoms with E-state index >= 15 is 0 Å². The Morgan fingerprint density at radius 2 is 2.07 bits per heavy atom. The van der Waals surface area contributed by atoms with Crippen molar-refractivity contribution in [2.75, 3.05) is 7.11 Å². The van der Waals surface area contributed by atoms with E-state index < -0.39 is 12.5 Å². The predicted molar refractivity (Wildman–Crippen MR) is 97.1 cm³/mol. The van der Waals surface area contributed by atoms with E-state index in [2.05, 4.69) is 20.1 Å². The van der Waals surface area contributed by atoms with Crippen molar-refractivity contribution in [1.29, 1.82) is 0 Å². The van der Waals surface area contributed by atoms with Gasteiger partial charge in [0.1, 0.15) is 17.1 Å². The van der Waals surface area contributed by atoms with Crippen molar-refractivity contribution in [2.45, 2.75) is 25.5 Å². The number of hydrogen-bond acceptors (Lipinski definition) is 5. The van der Waals surface area contributed by atoms with Gasteiger partial charge in [-0.1, -0.05) is 11.6 Å². The van der Waals surface area contributed by atoms with Crippen molar-refractivity contribution < 1.29 is 23.0 Å². The van der Waals surface area contributed by atoms with Crippen molar-refractivity contribution in [1.82, 2.24) is 19.9 Å². The molecule has 7 nitrogen and oxygen atoms in total. The molecule has 1 fully saturated rings. The fourth-order valence-electron chi connectivity index (χ4n) is 2.86. The van der Waals surface area contributed by atoms with Crippen molar-refractivity contribution in [3.05, 3.63) is 41.3 Å². The minimum Gasteiger partial charge on any atom is -0.496 e. The molecular formula is C18H15ClF2N4O3. The first-order chi connectivity index (χ1) is 13.5. The number of halogens is 3. The first kappa shape index (κ1) is 18.4. The van der Waals surface area contributed by atoms with Crippen LogP contribution in [0.15, 0.2) is 30.7 Å². The highest BCUT2D eigenvalue weighted by Gasteiger charge is 2.29. The number of ether oxygens (including phenoxy) is 2. The fraction of sp³-hybridized carbons (Fsp3) is 0.278. The second kappa shape index (κ2) is 7.23. The summed E-state index contributed by atoms with van der Waals surface area (Å²) in [5.74, 6) is -0.693. The zero-order chi connectivity index (χ0) is 19.8. The topological polar surface area (TPSA) is 77.8 Å². The molecule has 1 aliphatic carbocycles. The molecule has 3 aromatic rings. The van der Waals surface area contributed by atoms with Gasteiger partial charge in [-0.25, -0.2) is 9.50 Å². The second-order valence-corrected chi connectivity index (χ2v) is 6.71. The molecule has 1 saturated carbocycles. The Hall–Kier alpha value is -2.94. The summed E-state index contributed by atoms with van der Waals surface area (Å²) in [6.45, 7) is -3.10. The third-order valence-electron chi connectivity index (χ3n) is 4.28. The zero-order valence-corrected chi connectivity index (χ0v) is 15.4. The Balaban J connectivity index is 1.84. The highest BCUT2D eigenvalue weighted by molar-refractivity contribution is 6.30. The molecule has 4 rings (SSSR count). The average molecular weight is 409 g/mol. The number of benzene rings is 1. The van der Waals surface area contributed by atoms with Gasteiger partial charge in [-0.2, -0.15) is 13.9 Å². The molecule has 0 unspecified atom stereocenters. The summed E-state index contributed by atoms with van der Waals surface area (Å²) in [4.78, 5) is 16.8. The van der Waals surface area contributed by atoms with Crippen molar-refractivity contribution in [3.63, 3.8) is 0 Å². The maximum absolute atomic E-state index is 13.0. The number of fused-ring (bicyclic) bond motifs is 1. The molecule has 2 aromatic heterocycles. The summed E-state index contributed by atoms with van der Waals surface area (Å²) in [7, 11) is 1.35. The van der Waals surface area contributed by atoms with Gasteiger partial charge >= 0.3 is 6.61 Å². The maximum atomic E-state index is 13.0. The molecule has 1 amide bonds. The molecule has 0 atom stereocenters. The van der Waals surface area contributed by atoms with E-state index in [4.69, 9.17) is 16.3 Å². The summed E-state index contributed by atoms with van der Waals surface area (Å²) in [6.07, 6.45) is 6.25. The van der Waals surface area contributed by atoms with Crippen LogP contribution in [-0.4, -0.2) is 40.3 Å². The quantitative estimate of drug-likeness (QED) is 0.675.